The molecular formula is C20H20F2N2O3. The summed E-state index contributed by atoms with van der Waals surface area (Å²) in [5.41, 5.74) is 2.16. The largest absolute Gasteiger partial charge is 0.490 e. The molecule has 1 N–H and O–H groups in total. The van der Waals surface area contributed by atoms with Gasteiger partial charge in [-0.1, -0.05) is 18.2 Å². The Kier molecular flexibility index (Phi) is 4.59. The van der Waals surface area contributed by atoms with Crippen molar-refractivity contribution in [1.29, 1.82) is 0 Å². The van der Waals surface area contributed by atoms with E-state index in [0.29, 0.717) is 12.2 Å². The zero-order chi connectivity index (χ0) is 19.0. The first-order valence-corrected chi connectivity index (χ1v) is 8.98. The first-order valence-electron chi connectivity index (χ1n) is 8.98. The Hall–Kier alpha value is -2.83. The fourth-order valence-electron chi connectivity index (χ4n) is 3.40. The Balaban J connectivity index is 1.72. The van der Waals surface area contributed by atoms with Crippen molar-refractivity contribution in [2.24, 2.45) is 0 Å². The molecule has 2 aromatic carbocycles. The number of alkyl halides is 2. The van der Waals surface area contributed by atoms with Crippen LogP contribution in [0, 0.1) is 0 Å². The summed E-state index contributed by atoms with van der Waals surface area (Å²) in [4.78, 5) is 14.9. The lowest BCUT2D eigenvalue weighted by molar-refractivity contribution is -0.0514. The van der Waals surface area contributed by atoms with Crippen molar-refractivity contribution in [2.75, 3.05) is 11.9 Å². The second-order valence-corrected chi connectivity index (χ2v) is 6.55. The summed E-state index contributed by atoms with van der Waals surface area (Å²) in [6.45, 7) is -0.845. The summed E-state index contributed by atoms with van der Waals surface area (Å²) in [7, 11) is 0. The molecule has 142 valence electrons. The number of anilines is 1. The number of amides is 1. The number of hydrogen-bond donors (Lipinski definition) is 1. The second-order valence-electron chi connectivity index (χ2n) is 6.55. The van der Waals surface area contributed by atoms with Gasteiger partial charge in [0.15, 0.2) is 11.5 Å². The lowest BCUT2D eigenvalue weighted by Crippen LogP contribution is -2.44. The Labute approximate surface area is 155 Å². The van der Waals surface area contributed by atoms with Crippen LogP contribution in [0.5, 0.6) is 11.5 Å². The average Bonchev–Trinajstić information content (AvgIpc) is 3.48. The van der Waals surface area contributed by atoms with E-state index >= 15 is 0 Å². The number of ether oxygens (including phenoxy) is 2. The molecule has 1 aliphatic carbocycles. The van der Waals surface area contributed by atoms with Gasteiger partial charge in [0.05, 0.1) is 12.2 Å². The zero-order valence-electron chi connectivity index (χ0n) is 14.8. The molecule has 1 saturated carbocycles. The molecule has 0 spiro atoms. The lowest BCUT2D eigenvalue weighted by Gasteiger charge is -2.38. The minimum atomic E-state index is -2.93. The molecule has 4 rings (SSSR count). The Morgan fingerprint density at radius 2 is 1.96 bits per heavy atom. The monoisotopic (exact) mass is 374 g/mol. The summed E-state index contributed by atoms with van der Waals surface area (Å²) >= 11 is 0. The first-order chi connectivity index (χ1) is 13.1. The molecule has 1 amide bonds. The van der Waals surface area contributed by atoms with Gasteiger partial charge in [-0.15, -0.1) is 0 Å². The van der Waals surface area contributed by atoms with Crippen LogP contribution in [0.1, 0.15) is 41.9 Å². The quantitative estimate of drug-likeness (QED) is 0.813. The number of nitrogens with zero attached hydrogens (tertiary/aromatic N) is 1. The van der Waals surface area contributed by atoms with E-state index in [-0.39, 0.29) is 29.6 Å². The number of halogens is 2. The van der Waals surface area contributed by atoms with Crippen LogP contribution in [0.15, 0.2) is 42.5 Å². The molecule has 0 radical (unpaired) electrons. The molecule has 0 unspecified atom stereocenters. The van der Waals surface area contributed by atoms with Gasteiger partial charge in [0.25, 0.3) is 5.91 Å². The van der Waals surface area contributed by atoms with Gasteiger partial charge in [-0.05, 0) is 49.6 Å². The number of benzene rings is 2. The topological polar surface area (TPSA) is 50.8 Å². The van der Waals surface area contributed by atoms with E-state index in [2.05, 4.69) is 10.1 Å². The third-order valence-electron chi connectivity index (χ3n) is 4.70. The molecular weight excluding hydrogens is 354 g/mol. The second kappa shape index (κ2) is 7.06. The molecule has 5 nitrogen and oxygen atoms in total. The van der Waals surface area contributed by atoms with Crippen LogP contribution in [0.3, 0.4) is 0 Å². The number of hydrogen-bond acceptors (Lipinski definition) is 4. The van der Waals surface area contributed by atoms with Crippen LogP contribution in [0.2, 0.25) is 0 Å². The molecule has 1 fully saturated rings. The standard InChI is InChI=1S/C20H20F2N2O3/c1-2-26-17-11-12(7-10-16(17)27-20(21)22)18-23-15-6-4-3-5-14(15)19(25)24(18)13-8-9-13/h3-7,10-11,13,18,20,23H,2,8-9H2,1H3/t18-/m0/s1. The fourth-order valence-corrected chi connectivity index (χ4v) is 3.40. The van der Waals surface area contributed by atoms with Crippen molar-refractivity contribution in [3.63, 3.8) is 0 Å². The fraction of sp³-hybridized carbons (Fsp3) is 0.350. The third-order valence-corrected chi connectivity index (χ3v) is 4.70. The molecule has 0 aromatic heterocycles. The molecule has 1 atom stereocenters. The van der Waals surface area contributed by atoms with E-state index in [1.165, 1.54) is 6.07 Å². The minimum absolute atomic E-state index is 0.0175. The van der Waals surface area contributed by atoms with Crippen LogP contribution < -0.4 is 14.8 Å². The van der Waals surface area contributed by atoms with Crippen molar-refractivity contribution >= 4 is 11.6 Å². The van der Waals surface area contributed by atoms with Gasteiger partial charge in [0, 0.05) is 11.7 Å². The molecule has 2 aromatic rings. The Morgan fingerprint density at radius 1 is 1.19 bits per heavy atom. The highest BCUT2D eigenvalue weighted by molar-refractivity contribution is 6.02. The number of carbonyl (C=O) groups is 1. The zero-order valence-corrected chi connectivity index (χ0v) is 14.8. The predicted molar refractivity (Wildman–Crippen MR) is 96.2 cm³/mol. The van der Waals surface area contributed by atoms with Crippen molar-refractivity contribution in [3.8, 4) is 11.5 Å². The molecule has 7 heteroatoms. The van der Waals surface area contributed by atoms with Gasteiger partial charge in [-0.2, -0.15) is 8.78 Å². The lowest BCUT2D eigenvalue weighted by atomic mass is 10.0. The van der Waals surface area contributed by atoms with Gasteiger partial charge >= 0.3 is 6.61 Å². The highest BCUT2D eigenvalue weighted by Gasteiger charge is 2.42. The molecule has 1 heterocycles. The summed E-state index contributed by atoms with van der Waals surface area (Å²) < 4.78 is 35.3. The maximum absolute atomic E-state index is 13.0. The number of nitrogens with one attached hydrogen (secondary N) is 1. The average molecular weight is 374 g/mol. The van der Waals surface area contributed by atoms with E-state index in [1.807, 2.05) is 29.2 Å². The van der Waals surface area contributed by atoms with Crippen molar-refractivity contribution in [2.45, 2.75) is 38.6 Å². The Bertz CT molecular complexity index is 855. The van der Waals surface area contributed by atoms with Gasteiger partial charge in [0.1, 0.15) is 6.17 Å². The summed E-state index contributed by atoms with van der Waals surface area (Å²) in [5.74, 6) is 0.193. The first kappa shape index (κ1) is 17.6. The Morgan fingerprint density at radius 3 is 2.67 bits per heavy atom. The van der Waals surface area contributed by atoms with Gasteiger partial charge in [-0.3, -0.25) is 4.79 Å². The van der Waals surface area contributed by atoms with Crippen LogP contribution in [0.25, 0.3) is 0 Å². The molecule has 1 aliphatic heterocycles. The number of para-hydroxylation sites is 1. The van der Waals surface area contributed by atoms with Gasteiger partial charge < -0.3 is 19.7 Å². The van der Waals surface area contributed by atoms with Crippen molar-refractivity contribution < 1.29 is 23.0 Å². The maximum Gasteiger partial charge on any atom is 0.387 e. The highest BCUT2D eigenvalue weighted by Crippen LogP contribution is 2.42. The van der Waals surface area contributed by atoms with Gasteiger partial charge in [-0.25, -0.2) is 0 Å². The molecule has 0 bridgehead atoms. The normalized spacial score (nSPS) is 18.9. The van der Waals surface area contributed by atoms with Crippen molar-refractivity contribution in [3.05, 3.63) is 53.6 Å². The number of rotatable bonds is 6. The van der Waals surface area contributed by atoms with E-state index in [9.17, 15) is 13.6 Å². The molecule has 27 heavy (non-hydrogen) atoms. The smallest absolute Gasteiger partial charge is 0.387 e. The third kappa shape index (κ3) is 3.41. The summed E-state index contributed by atoms with van der Waals surface area (Å²) in [6, 6.07) is 12.4. The predicted octanol–water partition coefficient (Wildman–Crippen LogP) is 4.42. The van der Waals surface area contributed by atoms with Crippen LogP contribution in [-0.2, 0) is 0 Å². The van der Waals surface area contributed by atoms with Crippen LogP contribution in [-0.4, -0.2) is 30.1 Å². The van der Waals surface area contributed by atoms with E-state index < -0.39 is 6.61 Å². The van der Waals surface area contributed by atoms with Crippen LogP contribution in [0.4, 0.5) is 14.5 Å². The maximum atomic E-state index is 13.0. The summed E-state index contributed by atoms with van der Waals surface area (Å²) in [6.07, 6.45) is 1.52. The van der Waals surface area contributed by atoms with E-state index in [0.717, 1.165) is 24.1 Å². The van der Waals surface area contributed by atoms with E-state index in [4.69, 9.17) is 4.74 Å². The van der Waals surface area contributed by atoms with E-state index in [1.54, 1.807) is 19.1 Å². The molecule has 0 saturated heterocycles. The highest BCUT2D eigenvalue weighted by atomic mass is 19.3. The minimum Gasteiger partial charge on any atom is -0.490 e. The molecule has 2 aliphatic rings. The summed E-state index contributed by atoms with van der Waals surface area (Å²) in [5, 5.41) is 3.41. The van der Waals surface area contributed by atoms with Gasteiger partial charge in [0.2, 0.25) is 0 Å². The SMILES string of the molecule is CCOc1cc([C@H]2Nc3ccccc3C(=O)N2C2CC2)ccc1OC(F)F. The van der Waals surface area contributed by atoms with Crippen molar-refractivity contribution in [1.82, 2.24) is 4.90 Å². The van der Waals surface area contributed by atoms with Crippen LogP contribution >= 0.6 is 0 Å². The number of carbonyl (C=O) groups excluding carboxylic acids is 1. The number of fused-ring (bicyclic) bond motifs is 1.